The largest absolute Gasteiger partial charge is 0.444 e. The van der Waals surface area contributed by atoms with Crippen LogP contribution < -0.4 is 5.32 Å². The fourth-order valence-electron chi connectivity index (χ4n) is 2.39. The number of carbonyl (C=O) groups excluding carboxylic acids is 2. The standard InChI is InChI=1S/C15H28N2O4/c1-11-6-7-17(13(18)10-20-5)9-12(11)8-16-14(19)21-15(2,3)4/h11-12H,6-10H2,1-5H3,(H,16,19)/t11-,12-/m0/s1. The van der Waals surface area contributed by atoms with Crippen LogP contribution in [0.5, 0.6) is 0 Å². The summed E-state index contributed by atoms with van der Waals surface area (Å²) in [5, 5.41) is 2.80. The van der Waals surface area contributed by atoms with E-state index in [1.807, 2.05) is 25.7 Å². The first-order chi connectivity index (χ1) is 9.73. The van der Waals surface area contributed by atoms with Crippen molar-refractivity contribution < 1.29 is 19.1 Å². The minimum atomic E-state index is -0.497. The summed E-state index contributed by atoms with van der Waals surface area (Å²) in [7, 11) is 1.52. The van der Waals surface area contributed by atoms with E-state index in [-0.39, 0.29) is 18.4 Å². The summed E-state index contributed by atoms with van der Waals surface area (Å²) in [4.78, 5) is 25.4. The molecule has 122 valence electrons. The summed E-state index contributed by atoms with van der Waals surface area (Å²) >= 11 is 0. The quantitative estimate of drug-likeness (QED) is 0.857. The van der Waals surface area contributed by atoms with Crippen LogP contribution in [0.25, 0.3) is 0 Å². The van der Waals surface area contributed by atoms with Crippen LogP contribution in [-0.2, 0) is 14.3 Å². The lowest BCUT2D eigenvalue weighted by Crippen LogP contribution is -2.48. The first-order valence-corrected chi connectivity index (χ1v) is 7.46. The molecule has 1 rings (SSSR count). The number of hydrogen-bond donors (Lipinski definition) is 1. The minimum Gasteiger partial charge on any atom is -0.444 e. The van der Waals surface area contributed by atoms with Crippen molar-refractivity contribution in [3.05, 3.63) is 0 Å². The first kappa shape index (κ1) is 17.8. The lowest BCUT2D eigenvalue weighted by atomic mass is 9.87. The molecule has 2 atom stereocenters. The molecule has 1 heterocycles. The Bertz CT molecular complexity index is 365. The zero-order chi connectivity index (χ0) is 16.0. The third kappa shape index (κ3) is 6.33. The SMILES string of the molecule is COCC(=O)N1CC[C@H](C)[C@@H](CNC(=O)OC(C)(C)C)C1. The number of likely N-dealkylation sites (tertiary alicyclic amines) is 1. The molecule has 1 aliphatic rings. The van der Waals surface area contributed by atoms with Crippen LogP contribution in [-0.4, -0.2) is 55.9 Å². The fourth-order valence-corrected chi connectivity index (χ4v) is 2.39. The molecule has 1 fully saturated rings. The van der Waals surface area contributed by atoms with E-state index in [1.54, 1.807) is 0 Å². The van der Waals surface area contributed by atoms with Crippen molar-refractivity contribution in [2.45, 2.75) is 39.7 Å². The molecule has 2 amide bonds. The van der Waals surface area contributed by atoms with Gasteiger partial charge in [-0.05, 0) is 39.0 Å². The lowest BCUT2D eigenvalue weighted by molar-refractivity contribution is -0.137. The van der Waals surface area contributed by atoms with E-state index in [0.717, 1.165) is 13.0 Å². The van der Waals surface area contributed by atoms with E-state index in [4.69, 9.17) is 9.47 Å². The van der Waals surface area contributed by atoms with Gasteiger partial charge in [-0.1, -0.05) is 6.92 Å². The fraction of sp³-hybridized carbons (Fsp3) is 0.867. The number of methoxy groups -OCH3 is 1. The number of nitrogens with one attached hydrogen (secondary N) is 1. The number of ether oxygens (including phenoxy) is 2. The van der Waals surface area contributed by atoms with Crippen molar-refractivity contribution in [2.24, 2.45) is 11.8 Å². The molecule has 0 aromatic heterocycles. The van der Waals surface area contributed by atoms with Gasteiger partial charge in [0, 0.05) is 26.7 Å². The second-order valence-corrected chi connectivity index (χ2v) is 6.68. The predicted molar refractivity (Wildman–Crippen MR) is 80.0 cm³/mol. The number of nitrogens with zero attached hydrogens (tertiary/aromatic N) is 1. The van der Waals surface area contributed by atoms with E-state index >= 15 is 0 Å². The zero-order valence-electron chi connectivity index (χ0n) is 13.8. The van der Waals surface area contributed by atoms with Crippen LogP contribution in [0.15, 0.2) is 0 Å². The minimum absolute atomic E-state index is 0.00617. The third-order valence-corrected chi connectivity index (χ3v) is 3.64. The molecule has 1 saturated heterocycles. The number of hydrogen-bond acceptors (Lipinski definition) is 4. The number of piperidine rings is 1. The highest BCUT2D eigenvalue weighted by molar-refractivity contribution is 5.77. The smallest absolute Gasteiger partial charge is 0.407 e. The second kappa shape index (κ2) is 7.64. The Morgan fingerprint density at radius 3 is 2.57 bits per heavy atom. The van der Waals surface area contributed by atoms with E-state index in [2.05, 4.69) is 12.2 Å². The summed E-state index contributed by atoms with van der Waals surface area (Å²) in [6.07, 6.45) is 0.533. The van der Waals surface area contributed by atoms with Gasteiger partial charge in [-0.2, -0.15) is 0 Å². The molecule has 0 saturated carbocycles. The number of alkyl carbamates (subject to hydrolysis) is 1. The Kier molecular flexibility index (Phi) is 6.45. The Balaban J connectivity index is 2.45. The highest BCUT2D eigenvalue weighted by atomic mass is 16.6. The molecule has 0 aromatic rings. The summed E-state index contributed by atoms with van der Waals surface area (Å²) in [6.45, 7) is 9.70. The van der Waals surface area contributed by atoms with Crippen LogP contribution in [0.3, 0.4) is 0 Å². The maximum absolute atomic E-state index is 11.9. The summed E-state index contributed by atoms with van der Waals surface area (Å²) < 4.78 is 10.1. The monoisotopic (exact) mass is 300 g/mol. The molecular weight excluding hydrogens is 272 g/mol. The summed E-state index contributed by atoms with van der Waals surface area (Å²) in [6, 6.07) is 0. The number of carbonyl (C=O) groups is 2. The Morgan fingerprint density at radius 1 is 1.33 bits per heavy atom. The highest BCUT2D eigenvalue weighted by Gasteiger charge is 2.29. The highest BCUT2D eigenvalue weighted by Crippen LogP contribution is 2.22. The third-order valence-electron chi connectivity index (χ3n) is 3.64. The van der Waals surface area contributed by atoms with Crippen LogP contribution in [0.1, 0.15) is 34.1 Å². The molecule has 1 N–H and O–H groups in total. The van der Waals surface area contributed by atoms with Gasteiger partial charge in [-0.3, -0.25) is 4.79 Å². The molecule has 0 aliphatic carbocycles. The van der Waals surface area contributed by atoms with Crippen LogP contribution in [0, 0.1) is 11.8 Å². The molecule has 0 bridgehead atoms. The van der Waals surface area contributed by atoms with E-state index in [0.29, 0.717) is 19.0 Å². The Morgan fingerprint density at radius 2 is 2.00 bits per heavy atom. The van der Waals surface area contributed by atoms with Gasteiger partial charge >= 0.3 is 6.09 Å². The molecule has 0 spiro atoms. The van der Waals surface area contributed by atoms with Crippen LogP contribution >= 0.6 is 0 Å². The Hall–Kier alpha value is -1.30. The van der Waals surface area contributed by atoms with Crippen LogP contribution in [0.4, 0.5) is 4.79 Å². The van der Waals surface area contributed by atoms with Crippen LogP contribution in [0.2, 0.25) is 0 Å². The normalized spacial score (nSPS) is 22.8. The van der Waals surface area contributed by atoms with Crippen molar-refractivity contribution >= 4 is 12.0 Å². The van der Waals surface area contributed by atoms with Gasteiger partial charge in [0.2, 0.25) is 5.91 Å². The molecule has 0 aromatic carbocycles. The second-order valence-electron chi connectivity index (χ2n) is 6.68. The van der Waals surface area contributed by atoms with Crippen molar-refractivity contribution in [1.82, 2.24) is 10.2 Å². The zero-order valence-corrected chi connectivity index (χ0v) is 13.8. The van der Waals surface area contributed by atoms with Gasteiger partial charge in [0.1, 0.15) is 12.2 Å². The summed E-state index contributed by atoms with van der Waals surface area (Å²) in [5.41, 5.74) is -0.497. The van der Waals surface area contributed by atoms with Crippen molar-refractivity contribution in [1.29, 1.82) is 0 Å². The van der Waals surface area contributed by atoms with Gasteiger partial charge in [0.05, 0.1) is 0 Å². The average Bonchev–Trinajstić information content (AvgIpc) is 2.36. The number of rotatable bonds is 4. The molecule has 0 unspecified atom stereocenters. The average molecular weight is 300 g/mol. The lowest BCUT2D eigenvalue weighted by Gasteiger charge is -2.37. The molecular formula is C15H28N2O4. The van der Waals surface area contributed by atoms with Gasteiger partial charge in [0.15, 0.2) is 0 Å². The summed E-state index contributed by atoms with van der Waals surface area (Å²) in [5.74, 6) is 0.713. The maximum Gasteiger partial charge on any atom is 0.407 e. The van der Waals surface area contributed by atoms with Gasteiger partial charge in [-0.15, -0.1) is 0 Å². The van der Waals surface area contributed by atoms with E-state index < -0.39 is 11.7 Å². The first-order valence-electron chi connectivity index (χ1n) is 7.46. The predicted octanol–water partition coefficient (Wildman–Crippen LogP) is 1.64. The van der Waals surface area contributed by atoms with Gasteiger partial charge in [-0.25, -0.2) is 4.79 Å². The van der Waals surface area contributed by atoms with E-state index in [1.165, 1.54) is 7.11 Å². The van der Waals surface area contributed by atoms with Gasteiger partial charge < -0.3 is 19.7 Å². The topological polar surface area (TPSA) is 67.9 Å². The molecule has 1 aliphatic heterocycles. The van der Waals surface area contributed by atoms with Crippen molar-refractivity contribution in [3.63, 3.8) is 0 Å². The Labute approximate surface area is 127 Å². The maximum atomic E-state index is 11.9. The molecule has 6 nitrogen and oxygen atoms in total. The molecule has 6 heteroatoms. The van der Waals surface area contributed by atoms with Crippen molar-refractivity contribution in [2.75, 3.05) is 33.4 Å². The van der Waals surface area contributed by atoms with Crippen molar-refractivity contribution in [3.8, 4) is 0 Å². The number of amides is 2. The van der Waals surface area contributed by atoms with E-state index in [9.17, 15) is 9.59 Å². The van der Waals surface area contributed by atoms with Gasteiger partial charge in [0.25, 0.3) is 0 Å². The molecule has 0 radical (unpaired) electrons. The molecule has 21 heavy (non-hydrogen) atoms.